The van der Waals surface area contributed by atoms with Gasteiger partial charge in [-0.3, -0.25) is 14.4 Å². The zero-order valence-corrected chi connectivity index (χ0v) is 19.6. The fourth-order valence-corrected chi connectivity index (χ4v) is 4.19. The Balaban J connectivity index is 1.27. The van der Waals surface area contributed by atoms with Crippen LogP contribution in [0.2, 0.25) is 0 Å². The Morgan fingerprint density at radius 1 is 0.853 bits per heavy atom. The number of carbonyl (C=O) groups is 3. The predicted octanol–water partition coefficient (Wildman–Crippen LogP) is 3.08. The van der Waals surface area contributed by atoms with Gasteiger partial charge >= 0.3 is 0 Å². The van der Waals surface area contributed by atoms with Crippen LogP contribution >= 0.6 is 0 Å². The van der Waals surface area contributed by atoms with Crippen LogP contribution in [0, 0.1) is 5.92 Å². The molecule has 0 bridgehead atoms. The van der Waals surface area contributed by atoms with Crippen LogP contribution in [0.5, 0.6) is 0 Å². The van der Waals surface area contributed by atoms with Crippen LogP contribution < -0.4 is 10.6 Å². The number of hydrogen-bond acceptors (Lipinski definition) is 5. The third-order valence-electron chi connectivity index (χ3n) is 6.35. The largest absolute Gasteiger partial charge is 0.378 e. The smallest absolute Gasteiger partial charge is 0.254 e. The lowest BCUT2D eigenvalue weighted by atomic mass is 9.98. The van der Waals surface area contributed by atoms with Gasteiger partial charge in [0.25, 0.3) is 11.8 Å². The van der Waals surface area contributed by atoms with Crippen molar-refractivity contribution in [2.75, 3.05) is 56.6 Å². The fraction of sp³-hybridized carbons (Fsp3) is 0.423. The molecule has 3 amide bonds. The summed E-state index contributed by atoms with van der Waals surface area (Å²) in [6.45, 7) is 6.15. The van der Waals surface area contributed by atoms with Crippen LogP contribution in [0.15, 0.2) is 48.5 Å². The first-order valence-corrected chi connectivity index (χ1v) is 11.9. The Kier molecular flexibility index (Phi) is 7.80. The molecule has 0 spiro atoms. The van der Waals surface area contributed by atoms with E-state index in [0.29, 0.717) is 49.0 Å². The first-order valence-electron chi connectivity index (χ1n) is 11.9. The van der Waals surface area contributed by atoms with E-state index in [1.165, 1.54) is 0 Å². The minimum atomic E-state index is -0.214. The minimum absolute atomic E-state index is 0.0312. The van der Waals surface area contributed by atoms with E-state index in [1.807, 2.05) is 23.1 Å². The molecule has 0 unspecified atom stereocenters. The predicted molar refractivity (Wildman–Crippen MR) is 131 cm³/mol. The molecule has 0 aromatic heterocycles. The number of nitrogens with zero attached hydrogens (tertiary/aromatic N) is 2. The summed E-state index contributed by atoms with van der Waals surface area (Å²) in [5, 5.41) is 5.92. The topological polar surface area (TPSA) is 91.0 Å². The maximum atomic E-state index is 12.8. The number of anilines is 2. The van der Waals surface area contributed by atoms with Gasteiger partial charge in [0.15, 0.2) is 0 Å². The zero-order chi connectivity index (χ0) is 23.9. The normalized spacial score (nSPS) is 16.7. The second-order valence-electron chi connectivity index (χ2n) is 8.94. The SMILES string of the molecule is CC1CCN(C(=O)c2cccc(NCC(=O)Nc3ccc(C(=O)N4CCOCC4)cc3)c2)CC1. The molecule has 8 nitrogen and oxygen atoms in total. The van der Waals surface area contributed by atoms with Gasteiger partial charge in [0.05, 0.1) is 19.8 Å². The molecule has 180 valence electrons. The summed E-state index contributed by atoms with van der Waals surface area (Å²) in [6, 6.07) is 14.2. The molecule has 0 saturated carbocycles. The van der Waals surface area contributed by atoms with Crippen molar-refractivity contribution in [1.29, 1.82) is 0 Å². The van der Waals surface area contributed by atoms with Gasteiger partial charge in [0.1, 0.15) is 0 Å². The summed E-state index contributed by atoms with van der Waals surface area (Å²) in [5.41, 5.74) is 2.55. The van der Waals surface area contributed by atoms with Gasteiger partial charge in [0.2, 0.25) is 5.91 Å². The number of ether oxygens (including phenoxy) is 1. The number of piperidine rings is 1. The van der Waals surface area contributed by atoms with Gasteiger partial charge in [-0.25, -0.2) is 0 Å². The molecule has 2 aliphatic rings. The van der Waals surface area contributed by atoms with Gasteiger partial charge in [0, 0.05) is 48.7 Å². The number of likely N-dealkylation sites (tertiary alicyclic amines) is 1. The summed E-state index contributed by atoms with van der Waals surface area (Å²) in [5.74, 6) is 0.453. The summed E-state index contributed by atoms with van der Waals surface area (Å²) in [6.07, 6.45) is 2.07. The standard InChI is InChI=1S/C26H32N4O4/c1-19-9-11-29(12-10-19)26(33)21-3-2-4-23(17-21)27-18-24(31)28-22-7-5-20(6-8-22)25(32)30-13-15-34-16-14-30/h2-8,17,19,27H,9-16,18H2,1H3,(H,28,31). The highest BCUT2D eigenvalue weighted by molar-refractivity contribution is 5.97. The van der Waals surface area contributed by atoms with Crippen molar-refractivity contribution in [2.45, 2.75) is 19.8 Å². The lowest BCUT2D eigenvalue weighted by Crippen LogP contribution is -2.40. The van der Waals surface area contributed by atoms with E-state index in [2.05, 4.69) is 17.6 Å². The number of rotatable bonds is 6. The van der Waals surface area contributed by atoms with E-state index >= 15 is 0 Å². The number of carbonyl (C=O) groups excluding carboxylic acids is 3. The quantitative estimate of drug-likeness (QED) is 0.686. The van der Waals surface area contributed by atoms with Crippen molar-refractivity contribution in [3.05, 3.63) is 59.7 Å². The number of nitrogens with one attached hydrogen (secondary N) is 2. The Labute approximate surface area is 200 Å². The first-order chi connectivity index (χ1) is 16.5. The molecule has 2 fully saturated rings. The summed E-state index contributed by atoms with van der Waals surface area (Å²) in [4.78, 5) is 41.4. The van der Waals surface area contributed by atoms with E-state index in [0.717, 1.165) is 31.6 Å². The summed E-state index contributed by atoms with van der Waals surface area (Å²) < 4.78 is 5.29. The van der Waals surface area contributed by atoms with Crippen LogP contribution in [0.25, 0.3) is 0 Å². The van der Waals surface area contributed by atoms with Crippen molar-refractivity contribution < 1.29 is 19.1 Å². The van der Waals surface area contributed by atoms with Gasteiger partial charge in [-0.05, 0) is 61.2 Å². The Hall–Kier alpha value is -3.39. The number of morpholine rings is 1. The Bertz CT molecular complexity index is 1010. The molecular weight excluding hydrogens is 432 g/mol. The lowest BCUT2D eigenvalue weighted by molar-refractivity contribution is -0.114. The molecular formula is C26H32N4O4. The van der Waals surface area contributed by atoms with E-state index in [1.54, 1.807) is 35.2 Å². The summed E-state index contributed by atoms with van der Waals surface area (Å²) in [7, 11) is 0. The summed E-state index contributed by atoms with van der Waals surface area (Å²) >= 11 is 0. The molecule has 2 aliphatic heterocycles. The second kappa shape index (κ2) is 11.2. The molecule has 0 radical (unpaired) electrons. The average molecular weight is 465 g/mol. The highest BCUT2D eigenvalue weighted by atomic mass is 16.5. The van der Waals surface area contributed by atoms with Crippen LogP contribution in [-0.2, 0) is 9.53 Å². The van der Waals surface area contributed by atoms with Crippen molar-refractivity contribution in [2.24, 2.45) is 5.92 Å². The van der Waals surface area contributed by atoms with Crippen LogP contribution in [0.3, 0.4) is 0 Å². The van der Waals surface area contributed by atoms with Crippen LogP contribution in [0.1, 0.15) is 40.5 Å². The molecule has 2 heterocycles. The molecule has 2 saturated heterocycles. The van der Waals surface area contributed by atoms with Crippen molar-refractivity contribution in [3.63, 3.8) is 0 Å². The minimum Gasteiger partial charge on any atom is -0.378 e. The van der Waals surface area contributed by atoms with Gasteiger partial charge in [-0.15, -0.1) is 0 Å². The van der Waals surface area contributed by atoms with Gasteiger partial charge in [-0.2, -0.15) is 0 Å². The third kappa shape index (κ3) is 6.14. The number of amides is 3. The molecule has 2 aromatic carbocycles. The van der Waals surface area contributed by atoms with Gasteiger partial charge in [-0.1, -0.05) is 13.0 Å². The van der Waals surface area contributed by atoms with E-state index in [9.17, 15) is 14.4 Å². The molecule has 8 heteroatoms. The van der Waals surface area contributed by atoms with Crippen molar-refractivity contribution in [1.82, 2.24) is 9.80 Å². The Morgan fingerprint density at radius 3 is 2.21 bits per heavy atom. The third-order valence-corrected chi connectivity index (χ3v) is 6.35. The highest BCUT2D eigenvalue weighted by Crippen LogP contribution is 2.20. The first kappa shape index (κ1) is 23.8. The molecule has 0 aliphatic carbocycles. The molecule has 2 N–H and O–H groups in total. The maximum absolute atomic E-state index is 12.8. The number of hydrogen-bond donors (Lipinski definition) is 2. The van der Waals surface area contributed by atoms with Crippen LogP contribution in [-0.4, -0.2) is 73.5 Å². The lowest BCUT2D eigenvalue weighted by Gasteiger charge is -2.30. The number of benzene rings is 2. The van der Waals surface area contributed by atoms with Gasteiger partial charge < -0.3 is 25.2 Å². The van der Waals surface area contributed by atoms with Crippen LogP contribution in [0.4, 0.5) is 11.4 Å². The highest BCUT2D eigenvalue weighted by Gasteiger charge is 2.22. The molecule has 0 atom stereocenters. The maximum Gasteiger partial charge on any atom is 0.254 e. The van der Waals surface area contributed by atoms with E-state index in [-0.39, 0.29) is 24.3 Å². The average Bonchev–Trinajstić information content (AvgIpc) is 2.88. The second-order valence-corrected chi connectivity index (χ2v) is 8.94. The monoisotopic (exact) mass is 464 g/mol. The zero-order valence-electron chi connectivity index (χ0n) is 19.6. The molecule has 34 heavy (non-hydrogen) atoms. The fourth-order valence-electron chi connectivity index (χ4n) is 4.19. The molecule has 2 aromatic rings. The van der Waals surface area contributed by atoms with Crippen molar-refractivity contribution >= 4 is 29.1 Å². The molecule has 4 rings (SSSR count). The van der Waals surface area contributed by atoms with E-state index < -0.39 is 0 Å². The van der Waals surface area contributed by atoms with Crippen molar-refractivity contribution in [3.8, 4) is 0 Å². The van der Waals surface area contributed by atoms with E-state index in [4.69, 9.17) is 4.74 Å². The Morgan fingerprint density at radius 2 is 1.50 bits per heavy atom.